The van der Waals surface area contributed by atoms with E-state index in [9.17, 15) is 0 Å². The molecule has 1 atom stereocenters. The van der Waals surface area contributed by atoms with Crippen molar-refractivity contribution in [3.8, 4) is 23.0 Å². The molecule has 1 aromatic carbocycles. The molecule has 7 heteroatoms. The molecule has 3 aromatic rings. The summed E-state index contributed by atoms with van der Waals surface area (Å²) in [5, 5.41) is 2.86. The maximum Gasteiger partial charge on any atom is 0.163 e. The van der Waals surface area contributed by atoms with Crippen molar-refractivity contribution in [3.63, 3.8) is 0 Å². The van der Waals surface area contributed by atoms with Crippen LogP contribution in [0.2, 0.25) is 0 Å². The van der Waals surface area contributed by atoms with Crippen molar-refractivity contribution in [2.24, 2.45) is 5.73 Å². The van der Waals surface area contributed by atoms with E-state index in [4.69, 9.17) is 15.2 Å². The quantitative estimate of drug-likeness (QED) is 0.759. The molecule has 3 heterocycles. The SMILES string of the molecule is CC(N)c1nc(-c2nc3cc4c(cc3[nH]2)OCCO4)cs1. The van der Waals surface area contributed by atoms with E-state index in [0.717, 1.165) is 39.1 Å². The number of nitrogens with zero attached hydrogens (tertiary/aromatic N) is 2. The summed E-state index contributed by atoms with van der Waals surface area (Å²) < 4.78 is 11.2. The van der Waals surface area contributed by atoms with Gasteiger partial charge in [-0.25, -0.2) is 9.97 Å². The Morgan fingerprint density at radius 1 is 1.24 bits per heavy atom. The van der Waals surface area contributed by atoms with Crippen LogP contribution in [0.1, 0.15) is 18.0 Å². The monoisotopic (exact) mass is 302 g/mol. The van der Waals surface area contributed by atoms with Gasteiger partial charge in [0.2, 0.25) is 0 Å². The Kier molecular flexibility index (Phi) is 2.83. The zero-order valence-electron chi connectivity index (χ0n) is 11.4. The van der Waals surface area contributed by atoms with Gasteiger partial charge in [0.1, 0.15) is 23.9 Å². The highest BCUT2D eigenvalue weighted by atomic mass is 32.1. The Bertz CT molecular complexity index is 766. The summed E-state index contributed by atoms with van der Waals surface area (Å²) in [7, 11) is 0. The first-order chi connectivity index (χ1) is 10.2. The Hall–Kier alpha value is -2.12. The molecule has 1 aliphatic rings. The van der Waals surface area contributed by atoms with Crippen molar-refractivity contribution in [2.45, 2.75) is 13.0 Å². The fourth-order valence-electron chi connectivity index (χ4n) is 2.27. The number of imidazole rings is 1. The third-order valence-corrected chi connectivity index (χ3v) is 4.35. The molecule has 0 radical (unpaired) electrons. The number of rotatable bonds is 2. The van der Waals surface area contributed by atoms with Crippen molar-refractivity contribution in [3.05, 3.63) is 22.5 Å². The summed E-state index contributed by atoms with van der Waals surface area (Å²) >= 11 is 1.54. The number of nitrogens with one attached hydrogen (secondary N) is 1. The number of ether oxygens (including phenoxy) is 2. The lowest BCUT2D eigenvalue weighted by atomic mass is 10.2. The van der Waals surface area contributed by atoms with E-state index in [2.05, 4.69) is 15.0 Å². The van der Waals surface area contributed by atoms with Crippen LogP contribution in [0.15, 0.2) is 17.5 Å². The van der Waals surface area contributed by atoms with Crippen molar-refractivity contribution >= 4 is 22.4 Å². The average Bonchev–Trinajstić information content (AvgIpc) is 3.11. The van der Waals surface area contributed by atoms with Gasteiger partial charge in [0.15, 0.2) is 17.3 Å². The van der Waals surface area contributed by atoms with Gasteiger partial charge in [-0.05, 0) is 6.92 Å². The molecular formula is C14H14N4O2S. The Morgan fingerprint density at radius 3 is 2.71 bits per heavy atom. The van der Waals surface area contributed by atoms with Gasteiger partial charge >= 0.3 is 0 Å². The number of hydrogen-bond acceptors (Lipinski definition) is 6. The van der Waals surface area contributed by atoms with E-state index in [0.29, 0.717) is 13.2 Å². The molecule has 6 nitrogen and oxygen atoms in total. The molecule has 0 bridgehead atoms. The Morgan fingerprint density at radius 2 is 2.00 bits per heavy atom. The van der Waals surface area contributed by atoms with Crippen LogP contribution in [-0.4, -0.2) is 28.2 Å². The van der Waals surface area contributed by atoms with Crippen LogP contribution in [0.4, 0.5) is 0 Å². The average molecular weight is 302 g/mol. The third kappa shape index (κ3) is 2.14. The summed E-state index contributed by atoms with van der Waals surface area (Å²) in [5.74, 6) is 2.22. The molecule has 0 aliphatic carbocycles. The topological polar surface area (TPSA) is 86.1 Å². The zero-order chi connectivity index (χ0) is 14.4. The minimum Gasteiger partial charge on any atom is -0.486 e. The molecule has 0 saturated carbocycles. The predicted octanol–water partition coefficient (Wildman–Crippen LogP) is 2.48. The molecule has 0 fully saturated rings. The van der Waals surface area contributed by atoms with E-state index in [-0.39, 0.29) is 6.04 Å². The lowest BCUT2D eigenvalue weighted by Gasteiger charge is -2.17. The van der Waals surface area contributed by atoms with E-state index in [1.54, 1.807) is 11.3 Å². The minimum atomic E-state index is -0.0674. The predicted molar refractivity (Wildman–Crippen MR) is 80.8 cm³/mol. The first kappa shape index (κ1) is 12.6. The van der Waals surface area contributed by atoms with Crippen LogP contribution in [0.3, 0.4) is 0 Å². The molecule has 1 unspecified atom stereocenters. The molecule has 21 heavy (non-hydrogen) atoms. The van der Waals surface area contributed by atoms with Gasteiger partial charge in [-0.15, -0.1) is 11.3 Å². The fourth-order valence-corrected chi connectivity index (χ4v) is 3.04. The molecule has 0 saturated heterocycles. The van der Waals surface area contributed by atoms with E-state index >= 15 is 0 Å². The zero-order valence-corrected chi connectivity index (χ0v) is 12.2. The fraction of sp³-hybridized carbons (Fsp3) is 0.286. The largest absolute Gasteiger partial charge is 0.486 e. The second-order valence-corrected chi connectivity index (χ2v) is 5.85. The highest BCUT2D eigenvalue weighted by molar-refractivity contribution is 7.10. The summed E-state index contributed by atoms with van der Waals surface area (Å²) in [6.07, 6.45) is 0. The van der Waals surface area contributed by atoms with Gasteiger partial charge in [0.05, 0.1) is 17.1 Å². The highest BCUT2D eigenvalue weighted by Crippen LogP contribution is 2.35. The van der Waals surface area contributed by atoms with Gasteiger partial charge in [0.25, 0.3) is 0 Å². The molecule has 1 aliphatic heterocycles. The molecule has 3 N–H and O–H groups in total. The summed E-state index contributed by atoms with van der Waals surface area (Å²) in [6, 6.07) is 3.74. The van der Waals surface area contributed by atoms with Gasteiger partial charge in [-0.1, -0.05) is 0 Å². The molecule has 0 amide bonds. The van der Waals surface area contributed by atoms with Gasteiger partial charge in [-0.3, -0.25) is 0 Å². The highest BCUT2D eigenvalue weighted by Gasteiger charge is 2.16. The standard InChI is InChI=1S/C14H14N4O2S/c1-7(15)14-18-10(6-21-14)13-16-8-4-11-12(5-9(8)17-13)20-3-2-19-11/h4-7H,2-3,15H2,1H3,(H,16,17). The van der Waals surface area contributed by atoms with Crippen LogP contribution in [-0.2, 0) is 0 Å². The van der Waals surface area contributed by atoms with Crippen molar-refractivity contribution in [1.82, 2.24) is 15.0 Å². The number of benzene rings is 1. The number of aromatic amines is 1. The minimum absolute atomic E-state index is 0.0674. The van der Waals surface area contributed by atoms with Crippen LogP contribution in [0.25, 0.3) is 22.6 Å². The molecular weight excluding hydrogens is 288 g/mol. The second-order valence-electron chi connectivity index (χ2n) is 4.96. The van der Waals surface area contributed by atoms with E-state index in [1.165, 1.54) is 0 Å². The van der Waals surface area contributed by atoms with Gasteiger partial charge in [-0.2, -0.15) is 0 Å². The van der Waals surface area contributed by atoms with Crippen molar-refractivity contribution in [1.29, 1.82) is 0 Å². The van der Waals surface area contributed by atoms with Crippen LogP contribution >= 0.6 is 11.3 Å². The van der Waals surface area contributed by atoms with Crippen molar-refractivity contribution in [2.75, 3.05) is 13.2 Å². The maximum atomic E-state index is 5.85. The van der Waals surface area contributed by atoms with Gasteiger partial charge < -0.3 is 20.2 Å². The summed E-state index contributed by atoms with van der Waals surface area (Å²) in [6.45, 7) is 3.06. The smallest absolute Gasteiger partial charge is 0.163 e. The van der Waals surface area contributed by atoms with Crippen LogP contribution in [0, 0.1) is 0 Å². The third-order valence-electron chi connectivity index (χ3n) is 3.30. The van der Waals surface area contributed by atoms with E-state index < -0.39 is 0 Å². The first-order valence-corrected chi connectivity index (χ1v) is 7.59. The maximum absolute atomic E-state index is 5.85. The number of hydrogen-bond donors (Lipinski definition) is 2. The lowest BCUT2D eigenvalue weighted by molar-refractivity contribution is 0.172. The normalized spacial score (nSPS) is 15.3. The number of H-pyrrole nitrogens is 1. The summed E-state index contributed by atoms with van der Waals surface area (Å²) in [4.78, 5) is 12.4. The van der Waals surface area contributed by atoms with Crippen LogP contribution < -0.4 is 15.2 Å². The van der Waals surface area contributed by atoms with Crippen molar-refractivity contribution < 1.29 is 9.47 Å². The Balaban J connectivity index is 1.79. The Labute approximate surface area is 124 Å². The molecule has 108 valence electrons. The molecule has 0 spiro atoms. The second kappa shape index (κ2) is 4.71. The lowest BCUT2D eigenvalue weighted by Crippen LogP contribution is -2.15. The summed E-state index contributed by atoms with van der Waals surface area (Å²) in [5.41, 5.74) is 8.40. The number of nitrogens with two attached hydrogens (primary N) is 1. The van der Waals surface area contributed by atoms with Crippen LogP contribution in [0.5, 0.6) is 11.5 Å². The molecule has 4 rings (SSSR count). The van der Waals surface area contributed by atoms with E-state index in [1.807, 2.05) is 24.4 Å². The number of aromatic nitrogens is 3. The first-order valence-electron chi connectivity index (χ1n) is 6.71. The molecule has 2 aromatic heterocycles. The number of thiazole rings is 1. The number of fused-ring (bicyclic) bond motifs is 2. The van der Waals surface area contributed by atoms with Gasteiger partial charge in [0, 0.05) is 17.5 Å².